The topological polar surface area (TPSA) is 66.1 Å². The van der Waals surface area contributed by atoms with Crippen molar-refractivity contribution >= 4 is 5.96 Å². The van der Waals surface area contributed by atoms with Crippen LogP contribution in [-0.4, -0.2) is 68.7 Å². The van der Waals surface area contributed by atoms with Crippen LogP contribution in [0.15, 0.2) is 29.3 Å². The maximum absolute atomic E-state index is 6.20. The minimum Gasteiger partial charge on any atom is -0.497 e. The van der Waals surface area contributed by atoms with Crippen LogP contribution in [0.4, 0.5) is 0 Å². The maximum Gasteiger partial charge on any atom is 0.188 e. The summed E-state index contributed by atoms with van der Waals surface area (Å²) >= 11 is 0. The summed E-state index contributed by atoms with van der Waals surface area (Å²) < 4.78 is 5.31. The number of benzene rings is 1. The lowest BCUT2D eigenvalue weighted by Crippen LogP contribution is -2.43. The third-order valence-corrected chi connectivity index (χ3v) is 6.38. The first-order chi connectivity index (χ1) is 13.6. The predicted molar refractivity (Wildman–Crippen MR) is 116 cm³/mol. The number of hydrogen-bond acceptors (Lipinski definition) is 4. The van der Waals surface area contributed by atoms with Gasteiger partial charge in [0.1, 0.15) is 5.75 Å². The Balaban J connectivity index is 1.59. The quantitative estimate of drug-likeness (QED) is 0.556. The number of nitrogens with zero attached hydrogens (tertiary/aromatic N) is 3. The molecule has 3 rings (SSSR count). The van der Waals surface area contributed by atoms with E-state index in [9.17, 15) is 0 Å². The van der Waals surface area contributed by atoms with Crippen LogP contribution in [0.2, 0.25) is 0 Å². The van der Waals surface area contributed by atoms with Crippen molar-refractivity contribution in [2.45, 2.75) is 44.7 Å². The zero-order chi connectivity index (χ0) is 19.9. The first-order valence-corrected chi connectivity index (χ1v) is 10.7. The highest BCUT2D eigenvalue weighted by Gasteiger charge is 2.30. The Kier molecular flexibility index (Phi) is 7.57. The monoisotopic (exact) mass is 387 g/mol. The van der Waals surface area contributed by atoms with E-state index in [1.54, 1.807) is 7.11 Å². The minimum absolute atomic E-state index is 0.377. The fourth-order valence-electron chi connectivity index (χ4n) is 4.82. The summed E-state index contributed by atoms with van der Waals surface area (Å²) in [6.07, 6.45) is 4.94. The fraction of sp³-hybridized carbons (Fsp3) is 0.682. The molecule has 6 nitrogen and oxygen atoms in total. The van der Waals surface area contributed by atoms with Gasteiger partial charge in [-0.1, -0.05) is 19.1 Å². The zero-order valence-corrected chi connectivity index (χ0v) is 17.7. The Bertz CT molecular complexity index is 632. The van der Waals surface area contributed by atoms with Crippen molar-refractivity contribution in [3.05, 3.63) is 29.8 Å². The van der Waals surface area contributed by atoms with Gasteiger partial charge in [0, 0.05) is 25.2 Å². The maximum atomic E-state index is 6.20. The molecule has 2 aliphatic rings. The summed E-state index contributed by atoms with van der Waals surface area (Å²) in [6.45, 7) is 7.34. The molecule has 3 atom stereocenters. The van der Waals surface area contributed by atoms with Gasteiger partial charge in [-0.05, 0) is 76.0 Å². The summed E-state index contributed by atoms with van der Waals surface area (Å²) in [5.41, 5.74) is 7.54. The normalized spacial score (nSPS) is 27.1. The van der Waals surface area contributed by atoms with Gasteiger partial charge >= 0.3 is 0 Å². The lowest BCUT2D eigenvalue weighted by atomic mass is 9.85. The molecular weight excluding hydrogens is 350 g/mol. The van der Waals surface area contributed by atoms with E-state index >= 15 is 0 Å². The molecule has 0 spiro atoms. The molecule has 28 heavy (non-hydrogen) atoms. The van der Waals surface area contributed by atoms with Crippen LogP contribution in [0.5, 0.6) is 5.75 Å². The standard InChI is InChI=1S/C22H37N5O/c1-4-27-14-6-8-19(27)16-25-22(23)24-15-18-7-5-13-26(2)21(18)17-9-11-20(28-3)12-10-17/h9-12,18-19,21H,4-8,13-16H2,1-3H3,(H3,23,24,25). The number of piperidine rings is 1. The van der Waals surface area contributed by atoms with E-state index in [-0.39, 0.29) is 0 Å². The molecule has 0 amide bonds. The number of rotatable bonds is 7. The van der Waals surface area contributed by atoms with Crippen LogP contribution in [0.1, 0.15) is 44.2 Å². The zero-order valence-electron chi connectivity index (χ0n) is 17.7. The first-order valence-electron chi connectivity index (χ1n) is 10.7. The SMILES string of the molecule is CCN1CCCC1CNC(N)=NCC1CCCN(C)C1c1ccc(OC)cc1. The van der Waals surface area contributed by atoms with Crippen LogP contribution in [0.25, 0.3) is 0 Å². The molecule has 1 aromatic rings. The molecule has 3 N–H and O–H groups in total. The Morgan fingerprint density at radius 3 is 2.68 bits per heavy atom. The van der Waals surface area contributed by atoms with E-state index in [2.05, 4.69) is 53.4 Å². The van der Waals surface area contributed by atoms with E-state index in [0.717, 1.165) is 31.9 Å². The highest BCUT2D eigenvalue weighted by atomic mass is 16.5. The summed E-state index contributed by atoms with van der Waals surface area (Å²) in [7, 11) is 3.92. The van der Waals surface area contributed by atoms with Crippen molar-refractivity contribution in [2.75, 3.05) is 46.9 Å². The first kappa shape index (κ1) is 20.9. The molecule has 0 radical (unpaired) electrons. The molecule has 2 heterocycles. The van der Waals surface area contributed by atoms with Crippen LogP contribution in [0.3, 0.4) is 0 Å². The molecule has 0 aliphatic carbocycles. The third-order valence-electron chi connectivity index (χ3n) is 6.38. The fourth-order valence-corrected chi connectivity index (χ4v) is 4.82. The second-order valence-corrected chi connectivity index (χ2v) is 8.13. The van der Waals surface area contributed by atoms with Gasteiger partial charge in [-0.3, -0.25) is 14.8 Å². The summed E-state index contributed by atoms with van der Waals surface area (Å²) in [6, 6.07) is 9.43. The second kappa shape index (κ2) is 10.1. The van der Waals surface area contributed by atoms with E-state index in [1.165, 1.54) is 37.8 Å². The highest BCUT2D eigenvalue weighted by Crippen LogP contribution is 2.35. The van der Waals surface area contributed by atoms with Gasteiger partial charge in [0.15, 0.2) is 5.96 Å². The molecule has 0 saturated carbocycles. The number of likely N-dealkylation sites (N-methyl/N-ethyl adjacent to an activating group) is 1. The number of nitrogens with one attached hydrogen (secondary N) is 1. The van der Waals surface area contributed by atoms with Crippen molar-refractivity contribution < 1.29 is 4.74 Å². The molecule has 3 unspecified atom stereocenters. The van der Waals surface area contributed by atoms with Crippen LogP contribution in [0, 0.1) is 5.92 Å². The predicted octanol–water partition coefficient (Wildman–Crippen LogP) is 2.47. The molecule has 2 fully saturated rings. The van der Waals surface area contributed by atoms with Gasteiger partial charge in [-0.25, -0.2) is 0 Å². The van der Waals surface area contributed by atoms with Gasteiger partial charge in [0.25, 0.3) is 0 Å². The minimum atomic E-state index is 0.377. The van der Waals surface area contributed by atoms with Gasteiger partial charge in [-0.15, -0.1) is 0 Å². The Hall–Kier alpha value is -1.79. The average Bonchev–Trinajstić information content (AvgIpc) is 3.18. The third kappa shape index (κ3) is 5.17. The van der Waals surface area contributed by atoms with Crippen LogP contribution >= 0.6 is 0 Å². The number of guanidine groups is 1. The van der Waals surface area contributed by atoms with E-state index in [4.69, 9.17) is 15.5 Å². The number of ether oxygens (including phenoxy) is 1. The molecule has 0 aromatic heterocycles. The van der Waals surface area contributed by atoms with Crippen LogP contribution in [-0.2, 0) is 0 Å². The second-order valence-electron chi connectivity index (χ2n) is 8.13. The van der Waals surface area contributed by atoms with Gasteiger partial charge < -0.3 is 15.8 Å². The van der Waals surface area contributed by atoms with E-state index in [0.29, 0.717) is 24.0 Å². The van der Waals surface area contributed by atoms with Crippen molar-refractivity contribution in [1.29, 1.82) is 0 Å². The van der Waals surface area contributed by atoms with Crippen molar-refractivity contribution in [3.63, 3.8) is 0 Å². The summed E-state index contributed by atoms with van der Waals surface area (Å²) in [4.78, 5) is 9.69. The highest BCUT2D eigenvalue weighted by molar-refractivity contribution is 5.77. The lowest BCUT2D eigenvalue weighted by molar-refractivity contribution is 0.125. The number of likely N-dealkylation sites (tertiary alicyclic amines) is 2. The van der Waals surface area contributed by atoms with Gasteiger partial charge in [-0.2, -0.15) is 0 Å². The smallest absolute Gasteiger partial charge is 0.188 e. The lowest BCUT2D eigenvalue weighted by Gasteiger charge is -2.39. The average molecular weight is 388 g/mol. The summed E-state index contributed by atoms with van der Waals surface area (Å²) in [5, 5.41) is 3.37. The molecule has 2 aliphatic heterocycles. The Morgan fingerprint density at radius 1 is 1.21 bits per heavy atom. The van der Waals surface area contributed by atoms with Crippen molar-refractivity contribution in [3.8, 4) is 5.75 Å². The summed E-state index contributed by atoms with van der Waals surface area (Å²) in [5.74, 6) is 1.97. The number of aliphatic imine (C=N–C) groups is 1. The van der Waals surface area contributed by atoms with Gasteiger partial charge in [0.05, 0.1) is 7.11 Å². The van der Waals surface area contributed by atoms with E-state index < -0.39 is 0 Å². The van der Waals surface area contributed by atoms with E-state index in [1.807, 2.05) is 0 Å². The molecule has 156 valence electrons. The number of nitrogens with two attached hydrogens (primary N) is 1. The Morgan fingerprint density at radius 2 is 1.96 bits per heavy atom. The Labute approximate surface area is 170 Å². The molecule has 0 bridgehead atoms. The van der Waals surface area contributed by atoms with Gasteiger partial charge in [0.2, 0.25) is 0 Å². The van der Waals surface area contributed by atoms with Crippen molar-refractivity contribution in [1.82, 2.24) is 15.1 Å². The molecular formula is C22H37N5O. The molecule has 1 aromatic carbocycles. The largest absolute Gasteiger partial charge is 0.497 e. The number of methoxy groups -OCH3 is 1. The van der Waals surface area contributed by atoms with Crippen LogP contribution < -0.4 is 15.8 Å². The molecule has 6 heteroatoms. The molecule has 2 saturated heterocycles. The number of hydrogen-bond donors (Lipinski definition) is 2. The van der Waals surface area contributed by atoms with Crippen molar-refractivity contribution in [2.24, 2.45) is 16.6 Å².